The number of guanidine groups is 1. The molecule has 7 nitrogen and oxygen atoms in total. The summed E-state index contributed by atoms with van der Waals surface area (Å²) in [4.78, 5) is 4.99. The van der Waals surface area contributed by atoms with Gasteiger partial charge in [-0.15, -0.1) is 0 Å². The Morgan fingerprint density at radius 3 is 2.37 bits per heavy atom. The molecule has 0 bridgehead atoms. The summed E-state index contributed by atoms with van der Waals surface area (Å²) in [5.41, 5.74) is 0.974. The summed E-state index contributed by atoms with van der Waals surface area (Å²) >= 11 is 0. The Balaban J connectivity index is 1.93. The van der Waals surface area contributed by atoms with Crippen LogP contribution in [0.25, 0.3) is 0 Å². The van der Waals surface area contributed by atoms with Crippen LogP contribution in [0.15, 0.2) is 34.2 Å². The Bertz CT molecular complexity index is 757. The molecule has 1 fully saturated rings. The molecule has 30 heavy (non-hydrogen) atoms. The summed E-state index contributed by atoms with van der Waals surface area (Å²) in [5, 5.41) is 6.62. The molecular formula is C22H38N4O3S. The van der Waals surface area contributed by atoms with Crippen LogP contribution in [0.4, 0.5) is 0 Å². The third kappa shape index (κ3) is 7.25. The van der Waals surface area contributed by atoms with Gasteiger partial charge < -0.3 is 15.4 Å². The normalized spacial score (nSPS) is 16.8. The highest BCUT2D eigenvalue weighted by atomic mass is 32.2. The van der Waals surface area contributed by atoms with Crippen molar-refractivity contribution in [1.29, 1.82) is 0 Å². The molecule has 1 unspecified atom stereocenters. The van der Waals surface area contributed by atoms with Gasteiger partial charge in [-0.2, -0.15) is 4.31 Å². The molecule has 0 aliphatic carbocycles. The minimum Gasteiger partial charge on any atom is -0.378 e. The first kappa shape index (κ1) is 24.6. The fourth-order valence-electron chi connectivity index (χ4n) is 3.51. The molecule has 0 saturated carbocycles. The molecule has 1 aromatic rings. The van der Waals surface area contributed by atoms with E-state index in [1.165, 1.54) is 0 Å². The summed E-state index contributed by atoms with van der Waals surface area (Å²) in [6, 6.07) is 7.07. The quantitative estimate of drug-likeness (QED) is 0.410. The number of hydrogen-bond acceptors (Lipinski definition) is 4. The number of rotatable bonds is 11. The van der Waals surface area contributed by atoms with Crippen LogP contribution in [-0.4, -0.2) is 57.6 Å². The molecule has 1 atom stereocenters. The maximum Gasteiger partial charge on any atom is 0.243 e. The van der Waals surface area contributed by atoms with Gasteiger partial charge in [-0.05, 0) is 56.7 Å². The molecule has 2 N–H and O–H groups in total. The van der Waals surface area contributed by atoms with E-state index in [0.29, 0.717) is 30.4 Å². The summed E-state index contributed by atoms with van der Waals surface area (Å²) in [6.45, 7) is 12.4. The number of nitrogens with one attached hydrogen (secondary N) is 2. The zero-order valence-electron chi connectivity index (χ0n) is 18.9. The van der Waals surface area contributed by atoms with Crippen LogP contribution in [0.3, 0.4) is 0 Å². The van der Waals surface area contributed by atoms with Crippen molar-refractivity contribution in [3.63, 3.8) is 0 Å². The first-order chi connectivity index (χ1) is 14.4. The number of aliphatic imine (C=N–C) groups is 1. The molecular weight excluding hydrogens is 400 g/mol. The molecule has 1 heterocycles. The lowest BCUT2D eigenvalue weighted by atomic mass is 10.0. The van der Waals surface area contributed by atoms with E-state index in [4.69, 9.17) is 4.74 Å². The molecule has 1 saturated heterocycles. The number of sulfonamides is 1. The largest absolute Gasteiger partial charge is 0.378 e. The average Bonchev–Trinajstić information content (AvgIpc) is 3.27. The Kier molecular flexibility index (Phi) is 10.1. The van der Waals surface area contributed by atoms with E-state index in [1.807, 2.05) is 26.0 Å². The fourth-order valence-corrected chi connectivity index (χ4v) is 5.03. The van der Waals surface area contributed by atoms with Gasteiger partial charge in [0, 0.05) is 32.8 Å². The Hall–Kier alpha value is -1.64. The highest BCUT2D eigenvalue weighted by Gasteiger charge is 2.26. The topological polar surface area (TPSA) is 83.0 Å². The summed E-state index contributed by atoms with van der Waals surface area (Å²) in [7, 11) is -3.37. The SMILES string of the molecule is CCNC(=NCc1ccc(S(=O)(=O)N2CCCC2)cc1)NCCC(OCC)C(C)C. The second-order valence-corrected chi connectivity index (χ2v) is 9.84. The molecule has 0 amide bonds. The van der Waals surface area contributed by atoms with E-state index < -0.39 is 10.0 Å². The smallest absolute Gasteiger partial charge is 0.243 e. The van der Waals surface area contributed by atoms with Crippen LogP contribution in [0.2, 0.25) is 0 Å². The van der Waals surface area contributed by atoms with Crippen molar-refractivity contribution in [3.05, 3.63) is 29.8 Å². The third-order valence-corrected chi connectivity index (χ3v) is 7.15. The van der Waals surface area contributed by atoms with Gasteiger partial charge in [-0.3, -0.25) is 0 Å². The zero-order chi connectivity index (χ0) is 22.0. The summed E-state index contributed by atoms with van der Waals surface area (Å²) < 4.78 is 32.6. The first-order valence-corrected chi connectivity index (χ1v) is 12.5. The minimum absolute atomic E-state index is 0.232. The standard InChI is InChI=1S/C22H38N4O3S/c1-5-23-22(24-14-13-21(18(3)4)29-6-2)25-17-19-9-11-20(12-10-19)30(27,28)26-15-7-8-16-26/h9-12,18,21H,5-8,13-17H2,1-4H3,(H2,23,24,25). The van der Waals surface area contributed by atoms with Crippen molar-refractivity contribution in [1.82, 2.24) is 14.9 Å². The lowest BCUT2D eigenvalue weighted by Crippen LogP contribution is -2.39. The predicted molar refractivity (Wildman–Crippen MR) is 122 cm³/mol. The van der Waals surface area contributed by atoms with Crippen molar-refractivity contribution in [2.45, 2.75) is 64.5 Å². The second-order valence-electron chi connectivity index (χ2n) is 7.90. The van der Waals surface area contributed by atoms with Gasteiger partial charge in [-0.1, -0.05) is 26.0 Å². The van der Waals surface area contributed by atoms with Crippen LogP contribution in [0.5, 0.6) is 0 Å². The number of benzene rings is 1. The molecule has 1 aromatic carbocycles. The maximum absolute atomic E-state index is 12.6. The molecule has 0 spiro atoms. The molecule has 0 aromatic heterocycles. The van der Waals surface area contributed by atoms with Gasteiger partial charge in [0.1, 0.15) is 0 Å². The highest BCUT2D eigenvalue weighted by Crippen LogP contribution is 2.21. The Labute approximate surface area is 182 Å². The van der Waals surface area contributed by atoms with Gasteiger partial charge in [-0.25, -0.2) is 13.4 Å². The molecule has 0 radical (unpaired) electrons. The summed E-state index contributed by atoms with van der Waals surface area (Å²) in [5.74, 6) is 1.23. The number of nitrogens with zero attached hydrogens (tertiary/aromatic N) is 2. The predicted octanol–water partition coefficient (Wildman–Crippen LogP) is 2.98. The van der Waals surface area contributed by atoms with Crippen molar-refractivity contribution in [2.24, 2.45) is 10.9 Å². The lowest BCUT2D eigenvalue weighted by molar-refractivity contribution is 0.0258. The van der Waals surface area contributed by atoms with E-state index in [2.05, 4.69) is 29.5 Å². The van der Waals surface area contributed by atoms with Crippen LogP contribution >= 0.6 is 0 Å². The monoisotopic (exact) mass is 438 g/mol. The van der Waals surface area contributed by atoms with E-state index in [-0.39, 0.29) is 6.10 Å². The van der Waals surface area contributed by atoms with Crippen LogP contribution in [0, 0.1) is 5.92 Å². The van der Waals surface area contributed by atoms with Crippen LogP contribution in [-0.2, 0) is 21.3 Å². The van der Waals surface area contributed by atoms with E-state index >= 15 is 0 Å². The van der Waals surface area contributed by atoms with Gasteiger partial charge >= 0.3 is 0 Å². The molecule has 8 heteroatoms. The Morgan fingerprint density at radius 2 is 1.80 bits per heavy atom. The van der Waals surface area contributed by atoms with Gasteiger partial charge in [0.25, 0.3) is 0 Å². The van der Waals surface area contributed by atoms with E-state index in [9.17, 15) is 8.42 Å². The number of ether oxygens (including phenoxy) is 1. The lowest BCUT2D eigenvalue weighted by Gasteiger charge is -2.21. The van der Waals surface area contributed by atoms with Gasteiger partial charge in [0.15, 0.2) is 5.96 Å². The molecule has 170 valence electrons. The van der Waals surface area contributed by atoms with Crippen LogP contribution < -0.4 is 10.6 Å². The maximum atomic E-state index is 12.6. The molecule has 2 rings (SSSR count). The average molecular weight is 439 g/mol. The van der Waals surface area contributed by atoms with Crippen molar-refractivity contribution < 1.29 is 13.2 Å². The summed E-state index contributed by atoms with van der Waals surface area (Å²) in [6.07, 6.45) is 3.03. The van der Waals surface area contributed by atoms with Gasteiger partial charge in [0.05, 0.1) is 17.5 Å². The molecule has 1 aliphatic rings. The third-order valence-electron chi connectivity index (χ3n) is 5.24. The fraction of sp³-hybridized carbons (Fsp3) is 0.682. The number of hydrogen-bond donors (Lipinski definition) is 2. The first-order valence-electron chi connectivity index (χ1n) is 11.1. The van der Waals surface area contributed by atoms with E-state index in [1.54, 1.807) is 16.4 Å². The zero-order valence-corrected chi connectivity index (χ0v) is 19.7. The van der Waals surface area contributed by atoms with Gasteiger partial charge in [0.2, 0.25) is 10.0 Å². The van der Waals surface area contributed by atoms with E-state index in [0.717, 1.165) is 50.5 Å². The highest BCUT2D eigenvalue weighted by molar-refractivity contribution is 7.89. The minimum atomic E-state index is -3.37. The second kappa shape index (κ2) is 12.3. The van der Waals surface area contributed by atoms with Crippen molar-refractivity contribution in [2.75, 3.05) is 32.8 Å². The van der Waals surface area contributed by atoms with Crippen LogP contribution in [0.1, 0.15) is 52.5 Å². The van der Waals surface area contributed by atoms with Crippen molar-refractivity contribution >= 4 is 16.0 Å². The van der Waals surface area contributed by atoms with Crippen molar-refractivity contribution in [3.8, 4) is 0 Å². The molecule has 1 aliphatic heterocycles. The Morgan fingerprint density at radius 1 is 1.13 bits per heavy atom.